The molecule has 1 fully saturated rings. The van der Waals surface area contributed by atoms with Gasteiger partial charge in [-0.3, -0.25) is 9.89 Å². The van der Waals surface area contributed by atoms with Crippen molar-refractivity contribution in [1.82, 2.24) is 15.1 Å². The lowest BCUT2D eigenvalue weighted by atomic mass is 9.97. The van der Waals surface area contributed by atoms with Crippen molar-refractivity contribution >= 4 is 5.91 Å². The van der Waals surface area contributed by atoms with Crippen molar-refractivity contribution in [2.45, 2.75) is 40.0 Å². The smallest absolute Gasteiger partial charge is 0.227 e. The fourth-order valence-corrected chi connectivity index (χ4v) is 3.49. The van der Waals surface area contributed by atoms with Crippen molar-refractivity contribution in [3.05, 3.63) is 52.1 Å². The van der Waals surface area contributed by atoms with Crippen molar-refractivity contribution in [1.29, 1.82) is 0 Å². The van der Waals surface area contributed by atoms with Crippen LogP contribution in [0.1, 0.15) is 34.5 Å². The fourth-order valence-electron chi connectivity index (χ4n) is 3.49. The SMILES string of the molecule is Cc1cc(CC2CCN(C(=O)Cc3c(C)n[nH]c3C)C2)ccc1F. The molecule has 1 aliphatic heterocycles. The van der Waals surface area contributed by atoms with Crippen molar-refractivity contribution < 1.29 is 9.18 Å². The summed E-state index contributed by atoms with van der Waals surface area (Å²) in [6.45, 7) is 7.26. The highest BCUT2D eigenvalue weighted by Crippen LogP contribution is 2.23. The summed E-state index contributed by atoms with van der Waals surface area (Å²) < 4.78 is 13.4. The third-order valence-corrected chi connectivity index (χ3v) is 4.99. The minimum absolute atomic E-state index is 0.159. The summed E-state index contributed by atoms with van der Waals surface area (Å²) in [4.78, 5) is 14.5. The van der Waals surface area contributed by atoms with Gasteiger partial charge in [-0.05, 0) is 56.7 Å². The van der Waals surface area contributed by atoms with Crippen LogP contribution in [-0.2, 0) is 17.6 Å². The number of hydrogen-bond donors (Lipinski definition) is 1. The Morgan fingerprint density at radius 3 is 2.83 bits per heavy atom. The number of nitrogens with zero attached hydrogens (tertiary/aromatic N) is 2. The van der Waals surface area contributed by atoms with Crippen LogP contribution < -0.4 is 0 Å². The summed E-state index contributed by atoms with van der Waals surface area (Å²) in [5.41, 5.74) is 4.72. The van der Waals surface area contributed by atoms with E-state index in [4.69, 9.17) is 0 Å². The highest BCUT2D eigenvalue weighted by Gasteiger charge is 2.27. The largest absolute Gasteiger partial charge is 0.342 e. The van der Waals surface area contributed by atoms with Crippen LogP contribution in [0.3, 0.4) is 0 Å². The van der Waals surface area contributed by atoms with E-state index in [2.05, 4.69) is 10.2 Å². The first-order valence-electron chi connectivity index (χ1n) is 8.47. The lowest BCUT2D eigenvalue weighted by Gasteiger charge is -2.17. The normalized spacial score (nSPS) is 17.5. The minimum atomic E-state index is -0.159. The summed E-state index contributed by atoms with van der Waals surface area (Å²) in [5, 5.41) is 7.09. The molecule has 2 heterocycles. The number of H-pyrrole nitrogens is 1. The van der Waals surface area contributed by atoms with Crippen molar-refractivity contribution in [3.8, 4) is 0 Å². The van der Waals surface area contributed by atoms with Crippen LogP contribution in [-0.4, -0.2) is 34.1 Å². The lowest BCUT2D eigenvalue weighted by Crippen LogP contribution is -2.30. The molecule has 1 N–H and O–H groups in total. The molecule has 3 rings (SSSR count). The van der Waals surface area contributed by atoms with Crippen LogP contribution in [0.25, 0.3) is 0 Å². The molecule has 0 bridgehead atoms. The van der Waals surface area contributed by atoms with Gasteiger partial charge in [0.15, 0.2) is 0 Å². The molecule has 1 aromatic carbocycles. The number of carbonyl (C=O) groups excluding carboxylic acids is 1. The molecule has 4 nitrogen and oxygen atoms in total. The first kappa shape index (κ1) is 16.7. The zero-order valence-electron chi connectivity index (χ0n) is 14.5. The molecule has 0 aliphatic carbocycles. The number of carbonyl (C=O) groups is 1. The number of rotatable bonds is 4. The maximum absolute atomic E-state index is 13.4. The number of amides is 1. The van der Waals surface area contributed by atoms with E-state index < -0.39 is 0 Å². The molecule has 0 radical (unpaired) electrons. The number of likely N-dealkylation sites (tertiary alicyclic amines) is 1. The Labute approximate surface area is 142 Å². The van der Waals surface area contributed by atoms with E-state index in [1.807, 2.05) is 30.9 Å². The minimum Gasteiger partial charge on any atom is -0.342 e. The van der Waals surface area contributed by atoms with Crippen LogP contribution in [0.15, 0.2) is 18.2 Å². The van der Waals surface area contributed by atoms with E-state index in [0.717, 1.165) is 48.4 Å². The average molecular weight is 329 g/mol. The maximum Gasteiger partial charge on any atom is 0.227 e. The first-order chi connectivity index (χ1) is 11.4. The van der Waals surface area contributed by atoms with Crippen molar-refractivity contribution in [2.24, 2.45) is 5.92 Å². The van der Waals surface area contributed by atoms with Crippen LogP contribution in [0.2, 0.25) is 0 Å². The van der Waals surface area contributed by atoms with Gasteiger partial charge in [-0.25, -0.2) is 4.39 Å². The Balaban J connectivity index is 1.58. The predicted octanol–water partition coefficient (Wildman–Crippen LogP) is 3.11. The second-order valence-electron chi connectivity index (χ2n) is 6.87. The van der Waals surface area contributed by atoms with Gasteiger partial charge in [0, 0.05) is 24.3 Å². The Bertz CT molecular complexity index is 734. The summed E-state index contributed by atoms with van der Waals surface area (Å²) >= 11 is 0. The molecule has 0 spiro atoms. The van der Waals surface area contributed by atoms with E-state index in [0.29, 0.717) is 17.9 Å². The highest BCUT2D eigenvalue weighted by atomic mass is 19.1. The van der Waals surface area contributed by atoms with E-state index >= 15 is 0 Å². The van der Waals surface area contributed by atoms with Gasteiger partial charge in [0.05, 0.1) is 12.1 Å². The van der Waals surface area contributed by atoms with Gasteiger partial charge in [-0.1, -0.05) is 12.1 Å². The number of aromatic amines is 1. The molecule has 0 saturated carbocycles. The van der Waals surface area contributed by atoms with Gasteiger partial charge in [0.2, 0.25) is 5.91 Å². The zero-order chi connectivity index (χ0) is 17.3. The number of hydrogen-bond acceptors (Lipinski definition) is 2. The summed E-state index contributed by atoms with van der Waals surface area (Å²) in [6, 6.07) is 5.30. The molecule has 1 amide bonds. The van der Waals surface area contributed by atoms with Gasteiger partial charge in [0.25, 0.3) is 0 Å². The number of aryl methyl sites for hydroxylation is 3. The Hall–Kier alpha value is -2.17. The fraction of sp³-hybridized carbons (Fsp3) is 0.474. The second kappa shape index (κ2) is 6.75. The van der Waals surface area contributed by atoms with E-state index in [9.17, 15) is 9.18 Å². The molecule has 1 aromatic heterocycles. The van der Waals surface area contributed by atoms with Crippen LogP contribution in [0, 0.1) is 32.5 Å². The number of nitrogens with one attached hydrogen (secondary N) is 1. The summed E-state index contributed by atoms with van der Waals surface area (Å²) in [5.74, 6) is 0.457. The molecule has 1 aliphatic rings. The molecule has 1 saturated heterocycles. The highest BCUT2D eigenvalue weighted by molar-refractivity contribution is 5.79. The molecular formula is C19H24FN3O. The Morgan fingerprint density at radius 1 is 1.38 bits per heavy atom. The van der Waals surface area contributed by atoms with Crippen molar-refractivity contribution in [2.75, 3.05) is 13.1 Å². The van der Waals surface area contributed by atoms with Crippen LogP contribution in [0.5, 0.6) is 0 Å². The molecule has 24 heavy (non-hydrogen) atoms. The standard InChI is InChI=1S/C19H24FN3O/c1-12-8-15(4-5-18(12)20)9-16-6-7-23(11-16)19(24)10-17-13(2)21-22-14(17)3/h4-5,8,16H,6-7,9-11H2,1-3H3,(H,21,22). The molecule has 128 valence electrons. The van der Waals surface area contributed by atoms with Gasteiger partial charge in [0.1, 0.15) is 5.82 Å². The Morgan fingerprint density at radius 2 is 2.17 bits per heavy atom. The molecule has 2 aromatic rings. The summed E-state index contributed by atoms with van der Waals surface area (Å²) in [7, 11) is 0. The first-order valence-corrected chi connectivity index (χ1v) is 8.47. The van der Waals surface area contributed by atoms with E-state index in [1.54, 1.807) is 6.92 Å². The third-order valence-electron chi connectivity index (χ3n) is 4.99. The van der Waals surface area contributed by atoms with Crippen LogP contribution >= 0.6 is 0 Å². The average Bonchev–Trinajstić information content (AvgIpc) is 3.13. The third kappa shape index (κ3) is 3.50. The van der Waals surface area contributed by atoms with Gasteiger partial charge in [-0.2, -0.15) is 5.10 Å². The number of halogens is 1. The molecule has 5 heteroatoms. The summed E-state index contributed by atoms with van der Waals surface area (Å²) in [6.07, 6.45) is 2.32. The number of aromatic nitrogens is 2. The zero-order valence-corrected chi connectivity index (χ0v) is 14.5. The second-order valence-corrected chi connectivity index (χ2v) is 6.87. The lowest BCUT2D eigenvalue weighted by molar-refractivity contribution is -0.129. The monoisotopic (exact) mass is 329 g/mol. The van der Waals surface area contributed by atoms with Crippen molar-refractivity contribution in [3.63, 3.8) is 0 Å². The van der Waals surface area contributed by atoms with Crippen LogP contribution in [0.4, 0.5) is 4.39 Å². The maximum atomic E-state index is 13.4. The van der Waals surface area contributed by atoms with E-state index in [1.165, 1.54) is 6.07 Å². The molecule has 1 atom stereocenters. The van der Waals surface area contributed by atoms with Gasteiger partial charge < -0.3 is 4.90 Å². The Kier molecular flexibility index (Phi) is 4.69. The predicted molar refractivity (Wildman–Crippen MR) is 91.3 cm³/mol. The molecular weight excluding hydrogens is 305 g/mol. The van der Waals surface area contributed by atoms with E-state index in [-0.39, 0.29) is 11.7 Å². The topological polar surface area (TPSA) is 49.0 Å². The quantitative estimate of drug-likeness (QED) is 0.937. The molecule has 1 unspecified atom stereocenters. The van der Waals surface area contributed by atoms with Gasteiger partial charge >= 0.3 is 0 Å². The van der Waals surface area contributed by atoms with Gasteiger partial charge in [-0.15, -0.1) is 0 Å². The number of benzene rings is 1.